The second-order valence-corrected chi connectivity index (χ2v) is 5.00. The molecule has 0 bridgehead atoms. The van der Waals surface area contributed by atoms with E-state index in [2.05, 4.69) is 5.32 Å². The number of nitrogens with one attached hydrogen (secondary N) is 1. The lowest BCUT2D eigenvalue weighted by Crippen LogP contribution is -2.61. The quantitative estimate of drug-likeness (QED) is 0.631. The Balaban J connectivity index is 1.93. The first-order chi connectivity index (χ1) is 8.44. The van der Waals surface area contributed by atoms with Crippen LogP contribution in [0, 0.1) is 5.92 Å². The van der Waals surface area contributed by atoms with Crippen molar-refractivity contribution in [3.05, 3.63) is 0 Å². The van der Waals surface area contributed by atoms with Crippen LogP contribution < -0.4 is 11.1 Å². The smallest absolute Gasteiger partial charge is 0.329 e. The summed E-state index contributed by atoms with van der Waals surface area (Å²) in [6, 6.07) is -0.416. The number of hydrogen-bond acceptors (Lipinski definition) is 3. The van der Waals surface area contributed by atoms with Crippen LogP contribution in [0.3, 0.4) is 0 Å². The van der Waals surface area contributed by atoms with Gasteiger partial charge in [0.25, 0.3) is 0 Å². The van der Waals surface area contributed by atoms with Gasteiger partial charge in [0.1, 0.15) is 5.54 Å². The Labute approximate surface area is 104 Å². The van der Waals surface area contributed by atoms with Crippen molar-refractivity contribution < 1.29 is 19.5 Å². The number of aliphatic carboxylic acids is 1. The minimum Gasteiger partial charge on any atom is -0.480 e. The van der Waals surface area contributed by atoms with E-state index in [1.54, 1.807) is 0 Å². The molecule has 0 aromatic heterocycles. The zero-order valence-electron chi connectivity index (χ0n) is 10.0. The number of amides is 3. The van der Waals surface area contributed by atoms with Crippen LogP contribution >= 0.6 is 0 Å². The van der Waals surface area contributed by atoms with E-state index < -0.39 is 23.4 Å². The van der Waals surface area contributed by atoms with E-state index >= 15 is 0 Å². The third-order valence-corrected chi connectivity index (χ3v) is 3.84. The molecule has 18 heavy (non-hydrogen) atoms. The van der Waals surface area contributed by atoms with E-state index in [1.165, 1.54) is 4.90 Å². The van der Waals surface area contributed by atoms with Gasteiger partial charge in [-0.05, 0) is 25.7 Å². The van der Waals surface area contributed by atoms with Crippen molar-refractivity contribution in [1.82, 2.24) is 10.2 Å². The largest absolute Gasteiger partial charge is 0.480 e. The van der Waals surface area contributed by atoms with Crippen molar-refractivity contribution in [2.75, 3.05) is 13.1 Å². The molecule has 100 valence electrons. The normalized spacial score (nSPS) is 25.3. The van der Waals surface area contributed by atoms with Crippen molar-refractivity contribution in [3.8, 4) is 0 Å². The molecule has 2 aliphatic rings. The van der Waals surface area contributed by atoms with Crippen molar-refractivity contribution >= 4 is 17.9 Å². The lowest BCUT2D eigenvalue weighted by molar-refractivity contribution is -0.148. The van der Waals surface area contributed by atoms with Gasteiger partial charge in [-0.15, -0.1) is 0 Å². The highest BCUT2D eigenvalue weighted by molar-refractivity contribution is 5.87. The van der Waals surface area contributed by atoms with Gasteiger partial charge in [-0.25, -0.2) is 9.59 Å². The van der Waals surface area contributed by atoms with Crippen LogP contribution in [0.5, 0.6) is 0 Å². The minimum absolute atomic E-state index is 0.275. The SMILES string of the molecule is NC(=O)C1CCN(C(=O)NC2(C(=O)O)CCC2)C1. The molecule has 7 heteroatoms. The summed E-state index contributed by atoms with van der Waals surface area (Å²) >= 11 is 0. The molecule has 0 aromatic carbocycles. The molecule has 0 aromatic rings. The maximum absolute atomic E-state index is 11.9. The molecule has 2 rings (SSSR count). The molecular weight excluding hydrogens is 238 g/mol. The number of likely N-dealkylation sites (tertiary alicyclic amines) is 1. The molecule has 1 atom stereocenters. The number of carboxylic acids is 1. The highest BCUT2D eigenvalue weighted by Gasteiger charge is 2.46. The molecule has 0 spiro atoms. The maximum Gasteiger partial charge on any atom is 0.329 e. The number of carbonyl (C=O) groups is 3. The summed E-state index contributed by atoms with van der Waals surface area (Å²) in [5.74, 6) is -1.73. The van der Waals surface area contributed by atoms with Gasteiger partial charge < -0.3 is 21.1 Å². The average molecular weight is 255 g/mol. The summed E-state index contributed by atoms with van der Waals surface area (Å²) in [5.41, 5.74) is 4.07. The number of carboxylic acid groups (broad SMARTS) is 1. The average Bonchev–Trinajstić information content (AvgIpc) is 2.71. The van der Waals surface area contributed by atoms with Gasteiger partial charge in [0, 0.05) is 13.1 Å². The van der Waals surface area contributed by atoms with E-state index in [1.807, 2.05) is 0 Å². The number of nitrogens with two attached hydrogens (primary N) is 1. The molecule has 3 amide bonds. The second kappa shape index (κ2) is 4.47. The van der Waals surface area contributed by atoms with E-state index in [0.717, 1.165) is 6.42 Å². The lowest BCUT2D eigenvalue weighted by Gasteiger charge is -2.39. The van der Waals surface area contributed by atoms with E-state index in [9.17, 15) is 14.4 Å². The Morgan fingerprint density at radius 3 is 2.39 bits per heavy atom. The summed E-state index contributed by atoms with van der Waals surface area (Å²) in [6.07, 6.45) is 2.27. The highest BCUT2D eigenvalue weighted by atomic mass is 16.4. The first-order valence-corrected chi connectivity index (χ1v) is 6.04. The maximum atomic E-state index is 11.9. The lowest BCUT2D eigenvalue weighted by atomic mass is 9.77. The van der Waals surface area contributed by atoms with Gasteiger partial charge in [0.2, 0.25) is 5.91 Å². The van der Waals surface area contributed by atoms with Gasteiger partial charge in [-0.1, -0.05) is 0 Å². The minimum atomic E-state index is -1.11. The standard InChI is InChI=1S/C11H17N3O4/c12-8(15)7-2-5-14(6-7)10(18)13-11(9(16)17)3-1-4-11/h7H,1-6H2,(H2,12,15)(H,13,18)(H,16,17). The zero-order valence-corrected chi connectivity index (χ0v) is 10.0. The summed E-state index contributed by atoms with van der Waals surface area (Å²) in [4.78, 5) is 35.5. The van der Waals surface area contributed by atoms with Gasteiger partial charge in [0.05, 0.1) is 5.92 Å². The molecule has 7 nitrogen and oxygen atoms in total. The third-order valence-electron chi connectivity index (χ3n) is 3.84. The number of nitrogens with zero attached hydrogens (tertiary/aromatic N) is 1. The van der Waals surface area contributed by atoms with Crippen LogP contribution in [0.1, 0.15) is 25.7 Å². The Morgan fingerprint density at radius 1 is 1.33 bits per heavy atom. The molecule has 1 unspecified atom stereocenters. The van der Waals surface area contributed by atoms with E-state index in [-0.39, 0.29) is 12.5 Å². The summed E-state index contributed by atoms with van der Waals surface area (Å²) in [6.45, 7) is 0.714. The molecule has 4 N–H and O–H groups in total. The van der Waals surface area contributed by atoms with Crippen LogP contribution in [0.4, 0.5) is 4.79 Å². The fourth-order valence-electron chi connectivity index (χ4n) is 2.38. The number of urea groups is 1. The highest BCUT2D eigenvalue weighted by Crippen LogP contribution is 2.32. The van der Waals surface area contributed by atoms with Crippen molar-refractivity contribution in [2.24, 2.45) is 11.7 Å². The topological polar surface area (TPSA) is 113 Å². The second-order valence-electron chi connectivity index (χ2n) is 5.00. The zero-order chi connectivity index (χ0) is 13.3. The number of carbonyl (C=O) groups excluding carboxylic acids is 2. The fourth-order valence-corrected chi connectivity index (χ4v) is 2.38. The molecule has 2 fully saturated rings. The summed E-state index contributed by atoms with van der Waals surface area (Å²) in [7, 11) is 0. The van der Waals surface area contributed by atoms with Crippen LogP contribution in [-0.2, 0) is 9.59 Å². The Kier molecular flexibility index (Phi) is 3.14. The predicted molar refractivity (Wildman–Crippen MR) is 61.6 cm³/mol. The summed E-state index contributed by atoms with van der Waals surface area (Å²) < 4.78 is 0. The fraction of sp³-hybridized carbons (Fsp3) is 0.727. The van der Waals surface area contributed by atoms with Crippen LogP contribution in [0.2, 0.25) is 0 Å². The van der Waals surface area contributed by atoms with Crippen LogP contribution in [0.25, 0.3) is 0 Å². The number of hydrogen-bond donors (Lipinski definition) is 3. The monoisotopic (exact) mass is 255 g/mol. The Bertz CT molecular complexity index is 392. The van der Waals surface area contributed by atoms with Gasteiger partial charge in [0.15, 0.2) is 0 Å². The van der Waals surface area contributed by atoms with Gasteiger partial charge in [-0.3, -0.25) is 4.79 Å². The number of rotatable bonds is 3. The molecule has 1 saturated heterocycles. The molecule has 1 aliphatic heterocycles. The van der Waals surface area contributed by atoms with Gasteiger partial charge >= 0.3 is 12.0 Å². The van der Waals surface area contributed by atoms with Gasteiger partial charge in [-0.2, -0.15) is 0 Å². The Morgan fingerprint density at radius 2 is 2.00 bits per heavy atom. The van der Waals surface area contributed by atoms with Crippen molar-refractivity contribution in [3.63, 3.8) is 0 Å². The van der Waals surface area contributed by atoms with Crippen molar-refractivity contribution in [2.45, 2.75) is 31.2 Å². The molecule has 0 radical (unpaired) electrons. The predicted octanol–water partition coefficient (Wildman–Crippen LogP) is -0.489. The molecule has 1 heterocycles. The Hall–Kier alpha value is -1.79. The summed E-state index contributed by atoms with van der Waals surface area (Å²) in [5, 5.41) is 11.7. The van der Waals surface area contributed by atoms with Crippen LogP contribution in [-0.4, -0.2) is 46.5 Å². The number of primary amides is 1. The van der Waals surface area contributed by atoms with E-state index in [0.29, 0.717) is 25.8 Å². The molecule has 1 saturated carbocycles. The third kappa shape index (κ3) is 2.12. The van der Waals surface area contributed by atoms with Crippen molar-refractivity contribution in [1.29, 1.82) is 0 Å². The molecular formula is C11H17N3O4. The molecule has 1 aliphatic carbocycles. The first kappa shape index (κ1) is 12.7. The first-order valence-electron chi connectivity index (χ1n) is 6.04. The van der Waals surface area contributed by atoms with Crippen LogP contribution in [0.15, 0.2) is 0 Å². The van der Waals surface area contributed by atoms with E-state index in [4.69, 9.17) is 10.8 Å².